The van der Waals surface area contributed by atoms with E-state index in [1.54, 1.807) is 24.3 Å². The van der Waals surface area contributed by atoms with Crippen molar-refractivity contribution in [1.82, 2.24) is 13.9 Å². The summed E-state index contributed by atoms with van der Waals surface area (Å²) < 4.78 is 1.27. The van der Waals surface area contributed by atoms with Crippen LogP contribution in [0.2, 0.25) is 0 Å². The average Bonchev–Trinajstić information content (AvgIpc) is 2.65. The Labute approximate surface area is 176 Å². The number of rotatable bonds is 5. The standard InChI is InChI=1S/C17H15ClN4O4S2/c18-8-13(23)20-17(26)19-10-6-9-2-1-3-11-14(9)12(7-10)16(25)21(15(11)24)4-5-22(27)28/h1-3,6-7,27-28H,4-5,8H2,(H2,19,20,23,26). The lowest BCUT2D eigenvalue weighted by molar-refractivity contribution is -0.117. The molecule has 0 aromatic heterocycles. The second-order valence-corrected chi connectivity index (χ2v) is 7.47. The van der Waals surface area contributed by atoms with Gasteiger partial charge in [0.1, 0.15) is 5.88 Å². The van der Waals surface area contributed by atoms with Gasteiger partial charge in [-0.2, -0.15) is 3.71 Å². The normalized spacial score (nSPS) is 13.2. The quantitative estimate of drug-likeness (QED) is 0.326. The summed E-state index contributed by atoms with van der Waals surface area (Å²) in [6, 6.07) is 7.38. The van der Waals surface area contributed by atoms with Crippen molar-refractivity contribution in [3.05, 3.63) is 41.5 Å². The van der Waals surface area contributed by atoms with Crippen molar-refractivity contribution in [2.75, 3.05) is 24.3 Å². The third kappa shape index (κ3) is 4.09. The molecule has 0 fully saturated rings. The smallest absolute Gasteiger partial charge is 0.308 e. The number of carbonyl (C=O) groups excluding carboxylic acids is 4. The Hall–Kier alpha value is -2.27. The average molecular weight is 439 g/mol. The van der Waals surface area contributed by atoms with Gasteiger partial charge in [0.05, 0.1) is 5.56 Å². The molecule has 1 aliphatic rings. The molecule has 1 aliphatic heterocycles. The minimum Gasteiger partial charge on any atom is -0.308 e. The van der Waals surface area contributed by atoms with Gasteiger partial charge in [0.25, 0.3) is 11.8 Å². The Balaban J connectivity index is 2.00. The molecule has 2 aromatic carbocycles. The fourth-order valence-electron chi connectivity index (χ4n) is 2.94. The first-order chi connectivity index (χ1) is 13.3. The summed E-state index contributed by atoms with van der Waals surface area (Å²) in [6.07, 6.45) is 0. The van der Waals surface area contributed by atoms with E-state index >= 15 is 0 Å². The maximum absolute atomic E-state index is 12.9. The van der Waals surface area contributed by atoms with E-state index in [0.717, 1.165) is 4.90 Å². The number of alkyl halides is 1. The number of benzene rings is 2. The maximum Gasteiger partial charge on any atom is 0.325 e. The van der Waals surface area contributed by atoms with Crippen molar-refractivity contribution in [1.29, 1.82) is 0 Å². The van der Waals surface area contributed by atoms with Crippen LogP contribution in [0.3, 0.4) is 0 Å². The number of anilines is 1. The zero-order valence-corrected chi connectivity index (χ0v) is 16.9. The SMILES string of the molecule is O=C(CCl)NC(=O)Nc1cc2c3c(cccc3c1)C(=O)N(CCN(S)S)C2=O. The Bertz CT molecular complexity index is 999. The van der Waals surface area contributed by atoms with E-state index < -0.39 is 23.8 Å². The first-order valence-electron chi connectivity index (χ1n) is 8.07. The summed E-state index contributed by atoms with van der Waals surface area (Å²) >= 11 is 13.4. The highest BCUT2D eigenvalue weighted by molar-refractivity contribution is 7.93. The monoisotopic (exact) mass is 438 g/mol. The van der Waals surface area contributed by atoms with Crippen LogP contribution in [0.25, 0.3) is 10.8 Å². The number of urea groups is 1. The van der Waals surface area contributed by atoms with Crippen LogP contribution in [0.1, 0.15) is 20.7 Å². The molecule has 2 N–H and O–H groups in total. The minimum atomic E-state index is -0.773. The van der Waals surface area contributed by atoms with E-state index in [1.807, 2.05) is 0 Å². The number of thiol groups is 2. The highest BCUT2D eigenvalue weighted by Crippen LogP contribution is 2.32. The zero-order chi connectivity index (χ0) is 20.4. The Kier molecular flexibility index (Phi) is 6.14. The van der Waals surface area contributed by atoms with Crippen molar-refractivity contribution >= 4 is 77.4 Å². The predicted octanol–water partition coefficient (Wildman–Crippen LogP) is 2.31. The van der Waals surface area contributed by atoms with Gasteiger partial charge in [-0.05, 0) is 23.6 Å². The fourth-order valence-corrected chi connectivity index (χ4v) is 3.19. The molecule has 0 saturated heterocycles. The van der Waals surface area contributed by atoms with E-state index in [4.69, 9.17) is 11.6 Å². The molecule has 0 radical (unpaired) electrons. The largest absolute Gasteiger partial charge is 0.325 e. The molecule has 3 rings (SSSR count). The summed E-state index contributed by atoms with van der Waals surface area (Å²) in [4.78, 5) is 49.9. The van der Waals surface area contributed by atoms with Crippen LogP contribution < -0.4 is 10.6 Å². The molecule has 11 heteroatoms. The zero-order valence-electron chi connectivity index (χ0n) is 14.3. The third-order valence-corrected chi connectivity index (χ3v) is 4.73. The van der Waals surface area contributed by atoms with Crippen LogP contribution in [-0.4, -0.2) is 51.3 Å². The molecule has 8 nitrogen and oxygen atoms in total. The number of hydrogen-bond acceptors (Lipinski definition) is 7. The number of imide groups is 2. The van der Waals surface area contributed by atoms with Gasteiger partial charge in [0.2, 0.25) is 5.91 Å². The number of amides is 5. The summed E-state index contributed by atoms with van der Waals surface area (Å²) in [5.41, 5.74) is 0.967. The molecule has 0 bridgehead atoms. The van der Waals surface area contributed by atoms with Crippen LogP contribution in [0.5, 0.6) is 0 Å². The summed E-state index contributed by atoms with van der Waals surface area (Å²) in [7, 11) is 0. The minimum absolute atomic E-state index is 0.100. The second kappa shape index (κ2) is 8.39. The summed E-state index contributed by atoms with van der Waals surface area (Å²) in [5.74, 6) is -1.90. The first-order valence-corrected chi connectivity index (χ1v) is 9.40. The van der Waals surface area contributed by atoms with Crippen molar-refractivity contribution in [3.8, 4) is 0 Å². The lowest BCUT2D eigenvalue weighted by Gasteiger charge is -2.28. The molecule has 0 saturated carbocycles. The van der Waals surface area contributed by atoms with Crippen LogP contribution in [0.15, 0.2) is 30.3 Å². The predicted molar refractivity (Wildman–Crippen MR) is 112 cm³/mol. The van der Waals surface area contributed by atoms with Crippen molar-refractivity contribution < 1.29 is 19.2 Å². The number of nitrogens with one attached hydrogen (secondary N) is 2. The van der Waals surface area contributed by atoms with Crippen LogP contribution in [-0.2, 0) is 4.79 Å². The van der Waals surface area contributed by atoms with E-state index in [9.17, 15) is 19.2 Å². The highest BCUT2D eigenvalue weighted by Gasteiger charge is 2.33. The fraction of sp³-hybridized carbons (Fsp3) is 0.176. The molecule has 28 heavy (non-hydrogen) atoms. The second-order valence-electron chi connectivity index (χ2n) is 5.92. The number of halogens is 1. The van der Waals surface area contributed by atoms with E-state index in [2.05, 4.69) is 36.3 Å². The lowest BCUT2D eigenvalue weighted by atomic mass is 9.93. The molecular weight excluding hydrogens is 424 g/mol. The Morgan fingerprint density at radius 1 is 1.11 bits per heavy atom. The number of hydrogen-bond donors (Lipinski definition) is 4. The molecule has 0 unspecified atom stereocenters. The van der Waals surface area contributed by atoms with Crippen molar-refractivity contribution in [2.24, 2.45) is 0 Å². The van der Waals surface area contributed by atoms with Crippen molar-refractivity contribution in [2.45, 2.75) is 0 Å². The maximum atomic E-state index is 12.9. The first kappa shape index (κ1) is 20.5. The van der Waals surface area contributed by atoms with E-state index in [1.165, 1.54) is 9.78 Å². The van der Waals surface area contributed by atoms with Gasteiger partial charge in [0.15, 0.2) is 0 Å². The van der Waals surface area contributed by atoms with Crippen LogP contribution in [0, 0.1) is 0 Å². The Morgan fingerprint density at radius 2 is 1.82 bits per heavy atom. The van der Waals surface area contributed by atoms with Gasteiger partial charge >= 0.3 is 6.03 Å². The molecule has 0 atom stereocenters. The molecule has 0 aliphatic carbocycles. The number of nitrogens with zero attached hydrogens (tertiary/aromatic N) is 2. The molecular formula is C17H15ClN4O4S2. The molecule has 2 aromatic rings. The molecule has 0 spiro atoms. The lowest BCUT2D eigenvalue weighted by Crippen LogP contribution is -2.43. The topological polar surface area (TPSA) is 98.8 Å². The molecule has 5 amide bonds. The van der Waals surface area contributed by atoms with Crippen LogP contribution >= 0.6 is 37.2 Å². The van der Waals surface area contributed by atoms with Crippen LogP contribution in [0.4, 0.5) is 10.5 Å². The highest BCUT2D eigenvalue weighted by atomic mass is 35.5. The summed E-state index contributed by atoms with van der Waals surface area (Å²) in [5, 5.41) is 5.68. The Morgan fingerprint density at radius 3 is 2.50 bits per heavy atom. The third-order valence-electron chi connectivity index (χ3n) is 4.08. The van der Waals surface area contributed by atoms with E-state index in [0.29, 0.717) is 22.0 Å². The van der Waals surface area contributed by atoms with E-state index in [-0.39, 0.29) is 24.5 Å². The van der Waals surface area contributed by atoms with Crippen molar-refractivity contribution in [3.63, 3.8) is 0 Å². The van der Waals surface area contributed by atoms with Gasteiger partial charge in [-0.15, -0.1) is 11.6 Å². The molecule has 146 valence electrons. The van der Waals surface area contributed by atoms with Gasteiger partial charge in [0, 0.05) is 29.7 Å². The van der Waals surface area contributed by atoms with Gasteiger partial charge in [-0.3, -0.25) is 24.6 Å². The molecule has 1 heterocycles. The summed E-state index contributed by atoms with van der Waals surface area (Å²) in [6.45, 7) is 0.360. The van der Waals surface area contributed by atoms with Gasteiger partial charge in [-0.1, -0.05) is 37.8 Å². The number of carbonyl (C=O) groups is 4. The van der Waals surface area contributed by atoms with Gasteiger partial charge < -0.3 is 5.32 Å². The van der Waals surface area contributed by atoms with Gasteiger partial charge in [-0.25, -0.2) is 4.79 Å².